The number of carbonyl (C=O) groups is 3. The number of ether oxygens (including phenoxy) is 1. The van der Waals surface area contributed by atoms with Gasteiger partial charge in [0.15, 0.2) is 0 Å². The first-order valence-electron chi connectivity index (χ1n) is 11.2. The third-order valence-corrected chi connectivity index (χ3v) is 6.33. The van der Waals surface area contributed by atoms with Crippen LogP contribution >= 0.6 is 0 Å². The lowest BCUT2D eigenvalue weighted by Crippen LogP contribution is -2.55. The smallest absolute Gasteiger partial charge is 0.407 e. The standard InChI is InChI=1S/C25H29N3O6/c1-27(2)13-21(23(30)28-12-15(29)11-22(28)24(31)32)26-25(33)34-14-20-18-9-5-3-7-16(18)17-8-4-6-10-19(17)20/h3-10,15,20-22,29H,11-14H2,1-2H3,(H,26,33)(H,31,32)/t15-,21-,22-/m0/s1. The van der Waals surface area contributed by atoms with E-state index in [9.17, 15) is 24.6 Å². The van der Waals surface area contributed by atoms with Gasteiger partial charge in [-0.05, 0) is 36.3 Å². The Bertz CT molecular complexity index is 1040. The SMILES string of the molecule is CN(C)C[C@H](NC(=O)OCC1c2ccccc2-c2ccccc21)C(=O)N1C[C@@H](O)C[C@H]1C(=O)O. The predicted octanol–water partition coefficient (Wildman–Crippen LogP) is 1.50. The first-order chi connectivity index (χ1) is 16.3. The number of amides is 2. The zero-order chi connectivity index (χ0) is 24.4. The molecule has 0 bridgehead atoms. The number of carbonyl (C=O) groups excluding carboxylic acids is 2. The lowest BCUT2D eigenvalue weighted by atomic mass is 9.98. The second-order valence-electron chi connectivity index (χ2n) is 9.02. The molecule has 1 saturated heterocycles. The molecule has 0 spiro atoms. The molecule has 0 unspecified atom stereocenters. The van der Waals surface area contributed by atoms with Gasteiger partial charge in [0.2, 0.25) is 5.91 Å². The van der Waals surface area contributed by atoms with Gasteiger partial charge in [-0.15, -0.1) is 0 Å². The van der Waals surface area contributed by atoms with Gasteiger partial charge < -0.3 is 30.1 Å². The molecule has 1 aliphatic carbocycles. The molecule has 2 amide bonds. The van der Waals surface area contributed by atoms with Crippen molar-refractivity contribution in [1.82, 2.24) is 15.1 Å². The molecule has 1 fully saturated rings. The number of aliphatic carboxylic acids is 1. The lowest BCUT2D eigenvalue weighted by molar-refractivity contribution is -0.149. The number of nitrogens with one attached hydrogen (secondary N) is 1. The first-order valence-corrected chi connectivity index (χ1v) is 11.2. The third kappa shape index (κ3) is 4.76. The maximum Gasteiger partial charge on any atom is 0.407 e. The molecule has 3 atom stereocenters. The normalized spacial score (nSPS) is 20.1. The Morgan fingerprint density at radius 1 is 1.09 bits per heavy atom. The number of alkyl carbamates (subject to hydrolysis) is 1. The molecule has 4 rings (SSSR count). The quantitative estimate of drug-likeness (QED) is 0.565. The molecule has 0 radical (unpaired) electrons. The van der Waals surface area contributed by atoms with E-state index in [1.54, 1.807) is 19.0 Å². The van der Waals surface area contributed by atoms with Crippen molar-refractivity contribution in [3.63, 3.8) is 0 Å². The third-order valence-electron chi connectivity index (χ3n) is 6.33. The highest BCUT2D eigenvalue weighted by atomic mass is 16.5. The van der Waals surface area contributed by atoms with Crippen LogP contribution in [-0.2, 0) is 14.3 Å². The maximum absolute atomic E-state index is 13.1. The maximum atomic E-state index is 13.1. The van der Waals surface area contributed by atoms with Crippen LogP contribution in [0.15, 0.2) is 48.5 Å². The van der Waals surface area contributed by atoms with Crippen LogP contribution in [0.1, 0.15) is 23.5 Å². The van der Waals surface area contributed by atoms with Crippen LogP contribution in [0.2, 0.25) is 0 Å². The summed E-state index contributed by atoms with van der Waals surface area (Å²) >= 11 is 0. The number of benzene rings is 2. The van der Waals surface area contributed by atoms with E-state index in [0.29, 0.717) is 0 Å². The molecule has 34 heavy (non-hydrogen) atoms. The fourth-order valence-corrected chi connectivity index (χ4v) is 4.82. The summed E-state index contributed by atoms with van der Waals surface area (Å²) in [6.07, 6.45) is -1.71. The number of hydrogen-bond donors (Lipinski definition) is 3. The Morgan fingerprint density at radius 2 is 1.68 bits per heavy atom. The van der Waals surface area contributed by atoms with Crippen molar-refractivity contribution in [1.29, 1.82) is 0 Å². The van der Waals surface area contributed by atoms with Gasteiger partial charge in [-0.1, -0.05) is 48.5 Å². The van der Waals surface area contributed by atoms with E-state index in [2.05, 4.69) is 5.32 Å². The summed E-state index contributed by atoms with van der Waals surface area (Å²) in [7, 11) is 3.49. The van der Waals surface area contributed by atoms with Crippen LogP contribution in [0.3, 0.4) is 0 Å². The van der Waals surface area contributed by atoms with Gasteiger partial charge in [0.25, 0.3) is 0 Å². The zero-order valence-electron chi connectivity index (χ0n) is 19.2. The first kappa shape index (κ1) is 23.7. The molecule has 2 aromatic carbocycles. The van der Waals surface area contributed by atoms with Crippen LogP contribution in [0, 0.1) is 0 Å². The second kappa shape index (κ2) is 9.82. The molecule has 9 nitrogen and oxygen atoms in total. The van der Waals surface area contributed by atoms with Gasteiger partial charge >= 0.3 is 12.1 Å². The van der Waals surface area contributed by atoms with E-state index < -0.39 is 36.2 Å². The van der Waals surface area contributed by atoms with Crippen molar-refractivity contribution in [3.8, 4) is 11.1 Å². The Morgan fingerprint density at radius 3 is 2.24 bits per heavy atom. The van der Waals surface area contributed by atoms with Gasteiger partial charge in [0.05, 0.1) is 6.10 Å². The number of β-amino-alcohol motifs (C(OH)–C–C–N with tert-alkyl or cyclic N) is 1. The fourth-order valence-electron chi connectivity index (χ4n) is 4.82. The highest BCUT2D eigenvalue weighted by Crippen LogP contribution is 2.44. The van der Waals surface area contributed by atoms with Crippen molar-refractivity contribution >= 4 is 18.0 Å². The predicted molar refractivity (Wildman–Crippen MR) is 124 cm³/mol. The molecule has 3 N–H and O–H groups in total. The summed E-state index contributed by atoms with van der Waals surface area (Å²) in [4.78, 5) is 40.2. The monoisotopic (exact) mass is 467 g/mol. The molecule has 0 saturated carbocycles. The van der Waals surface area contributed by atoms with E-state index in [0.717, 1.165) is 27.2 Å². The van der Waals surface area contributed by atoms with Crippen molar-refractivity contribution in [2.24, 2.45) is 0 Å². The van der Waals surface area contributed by atoms with E-state index in [-0.39, 0.29) is 32.0 Å². The second-order valence-corrected chi connectivity index (χ2v) is 9.02. The average molecular weight is 468 g/mol. The highest BCUT2D eigenvalue weighted by molar-refractivity contribution is 5.90. The van der Waals surface area contributed by atoms with E-state index in [1.807, 2.05) is 48.5 Å². The minimum Gasteiger partial charge on any atom is -0.480 e. The number of hydrogen-bond acceptors (Lipinski definition) is 6. The van der Waals surface area contributed by atoms with Gasteiger partial charge in [0.1, 0.15) is 18.7 Å². The summed E-state index contributed by atoms with van der Waals surface area (Å²) in [5.41, 5.74) is 4.38. The number of fused-ring (bicyclic) bond motifs is 3. The summed E-state index contributed by atoms with van der Waals surface area (Å²) < 4.78 is 5.55. The van der Waals surface area contributed by atoms with E-state index >= 15 is 0 Å². The van der Waals surface area contributed by atoms with Crippen LogP contribution in [-0.4, -0.2) is 90.0 Å². The van der Waals surface area contributed by atoms with Crippen molar-refractivity contribution in [2.75, 3.05) is 33.8 Å². The summed E-state index contributed by atoms with van der Waals surface area (Å²) in [6.45, 7) is 0.164. The van der Waals surface area contributed by atoms with Crippen molar-refractivity contribution < 1.29 is 29.3 Å². The Labute approximate surface area is 197 Å². The van der Waals surface area contributed by atoms with Crippen LogP contribution in [0.4, 0.5) is 4.79 Å². The lowest BCUT2D eigenvalue weighted by Gasteiger charge is -2.28. The number of carboxylic acids is 1. The Balaban J connectivity index is 1.45. The number of likely N-dealkylation sites (tertiary alicyclic amines) is 1. The largest absolute Gasteiger partial charge is 0.480 e. The molecule has 180 valence electrons. The molecule has 0 aromatic heterocycles. The van der Waals surface area contributed by atoms with Gasteiger partial charge in [-0.25, -0.2) is 9.59 Å². The summed E-state index contributed by atoms with van der Waals surface area (Å²) in [5.74, 6) is -1.87. The molecule has 1 heterocycles. The van der Waals surface area contributed by atoms with Gasteiger partial charge in [0, 0.05) is 25.4 Å². The topological polar surface area (TPSA) is 119 Å². The number of rotatable bonds is 7. The van der Waals surface area contributed by atoms with Crippen LogP contribution in [0.5, 0.6) is 0 Å². The zero-order valence-corrected chi connectivity index (χ0v) is 19.2. The number of likely N-dealkylation sites (N-methyl/N-ethyl adjacent to an activating group) is 1. The molecule has 9 heteroatoms. The number of aliphatic hydroxyl groups excluding tert-OH is 1. The molecule has 1 aliphatic heterocycles. The van der Waals surface area contributed by atoms with Crippen molar-refractivity contribution in [3.05, 3.63) is 59.7 Å². The fraction of sp³-hybridized carbons (Fsp3) is 0.400. The van der Waals surface area contributed by atoms with Gasteiger partial charge in [-0.2, -0.15) is 0 Å². The highest BCUT2D eigenvalue weighted by Gasteiger charge is 2.42. The summed E-state index contributed by atoms with van der Waals surface area (Å²) in [5, 5.41) is 21.9. The number of nitrogens with zero attached hydrogens (tertiary/aromatic N) is 2. The molecular formula is C25H29N3O6. The van der Waals surface area contributed by atoms with Crippen LogP contribution < -0.4 is 5.32 Å². The number of aliphatic hydroxyl groups is 1. The summed E-state index contributed by atoms with van der Waals surface area (Å²) in [6, 6.07) is 13.8. The molecule has 2 aromatic rings. The molecule has 2 aliphatic rings. The van der Waals surface area contributed by atoms with Crippen molar-refractivity contribution in [2.45, 2.75) is 30.5 Å². The van der Waals surface area contributed by atoms with Crippen LogP contribution in [0.25, 0.3) is 11.1 Å². The minimum absolute atomic E-state index is 0.0410. The van der Waals surface area contributed by atoms with E-state index in [4.69, 9.17) is 4.74 Å². The minimum atomic E-state index is -1.19. The van der Waals surface area contributed by atoms with E-state index in [1.165, 1.54) is 0 Å². The number of carboxylic acid groups (broad SMARTS) is 1. The Hall–Kier alpha value is -3.43. The Kier molecular flexibility index (Phi) is 6.85. The van der Waals surface area contributed by atoms with Gasteiger partial charge in [-0.3, -0.25) is 4.79 Å². The molecular weight excluding hydrogens is 438 g/mol. The average Bonchev–Trinajstić information content (AvgIpc) is 3.35.